The second-order valence-electron chi connectivity index (χ2n) is 3.97. The van der Waals surface area contributed by atoms with Crippen LogP contribution in [0.3, 0.4) is 0 Å². The Kier molecular flexibility index (Phi) is 4.11. The van der Waals surface area contributed by atoms with Gasteiger partial charge in [0.05, 0.1) is 5.69 Å². The Labute approximate surface area is 114 Å². The third-order valence-electron chi connectivity index (χ3n) is 2.36. The van der Waals surface area contributed by atoms with Crippen molar-refractivity contribution in [3.63, 3.8) is 0 Å². The van der Waals surface area contributed by atoms with Gasteiger partial charge in [0.25, 0.3) is 5.91 Å². The number of ether oxygens (including phenoxy) is 1. The Bertz CT molecular complexity index is 586. The van der Waals surface area contributed by atoms with Crippen LogP contribution in [-0.4, -0.2) is 17.0 Å². The molecule has 2 rings (SSSR count). The van der Waals surface area contributed by atoms with Crippen LogP contribution < -0.4 is 10.1 Å². The van der Waals surface area contributed by atoms with Crippen molar-refractivity contribution in [2.24, 2.45) is 0 Å². The van der Waals surface area contributed by atoms with Crippen molar-refractivity contribution < 1.29 is 13.9 Å². The molecular formula is C13H13FN2O2S. The van der Waals surface area contributed by atoms with Gasteiger partial charge >= 0.3 is 0 Å². The van der Waals surface area contributed by atoms with Crippen molar-refractivity contribution in [1.29, 1.82) is 0 Å². The predicted molar refractivity (Wildman–Crippen MR) is 72.0 cm³/mol. The van der Waals surface area contributed by atoms with E-state index in [0.717, 1.165) is 5.69 Å². The van der Waals surface area contributed by atoms with Gasteiger partial charge in [-0.05, 0) is 26.0 Å². The number of hydrogen-bond donors (Lipinski definition) is 1. The lowest BCUT2D eigenvalue weighted by atomic mass is 10.3. The number of carbonyl (C=O) groups is 1. The summed E-state index contributed by atoms with van der Waals surface area (Å²) in [6.45, 7) is 3.40. The van der Waals surface area contributed by atoms with E-state index in [0.29, 0.717) is 5.13 Å². The van der Waals surface area contributed by atoms with Gasteiger partial charge in [0.15, 0.2) is 22.8 Å². The van der Waals surface area contributed by atoms with E-state index >= 15 is 0 Å². The summed E-state index contributed by atoms with van der Waals surface area (Å²) in [5, 5.41) is 4.96. The van der Waals surface area contributed by atoms with Gasteiger partial charge in [-0.25, -0.2) is 9.37 Å². The summed E-state index contributed by atoms with van der Waals surface area (Å²) in [5.41, 5.74) is 0.836. The number of aryl methyl sites for hydroxylation is 1. The molecule has 0 aliphatic rings. The third kappa shape index (κ3) is 3.51. The predicted octanol–water partition coefficient (Wildman–Crippen LogP) is 3.00. The summed E-state index contributed by atoms with van der Waals surface area (Å²) >= 11 is 1.33. The molecule has 1 heterocycles. The highest BCUT2D eigenvalue weighted by atomic mass is 32.1. The van der Waals surface area contributed by atoms with Crippen LogP contribution in [0.15, 0.2) is 29.6 Å². The fourth-order valence-electron chi connectivity index (χ4n) is 1.40. The van der Waals surface area contributed by atoms with Crippen molar-refractivity contribution in [1.82, 2.24) is 4.98 Å². The average Bonchev–Trinajstić information content (AvgIpc) is 2.77. The van der Waals surface area contributed by atoms with Crippen LogP contribution in [0.4, 0.5) is 9.52 Å². The molecule has 0 bridgehead atoms. The molecule has 0 aliphatic carbocycles. The number of nitrogens with zero attached hydrogens (tertiary/aromatic N) is 1. The lowest BCUT2D eigenvalue weighted by Crippen LogP contribution is -2.30. The summed E-state index contributed by atoms with van der Waals surface area (Å²) in [6, 6.07) is 5.97. The topological polar surface area (TPSA) is 51.2 Å². The van der Waals surface area contributed by atoms with Crippen LogP contribution in [-0.2, 0) is 4.79 Å². The first-order valence-corrected chi connectivity index (χ1v) is 6.58. The van der Waals surface area contributed by atoms with E-state index in [1.54, 1.807) is 19.1 Å². The van der Waals surface area contributed by atoms with E-state index in [9.17, 15) is 9.18 Å². The zero-order valence-corrected chi connectivity index (χ0v) is 11.3. The van der Waals surface area contributed by atoms with E-state index in [1.165, 1.54) is 23.5 Å². The Hall–Kier alpha value is -1.95. The molecule has 0 spiro atoms. The van der Waals surface area contributed by atoms with Crippen LogP contribution in [0.5, 0.6) is 5.75 Å². The number of para-hydroxylation sites is 1. The molecule has 0 saturated carbocycles. The number of aromatic nitrogens is 1. The zero-order chi connectivity index (χ0) is 13.8. The number of rotatable bonds is 4. The molecule has 4 nitrogen and oxygen atoms in total. The largest absolute Gasteiger partial charge is 0.478 e. The molecule has 1 atom stereocenters. The first-order valence-electron chi connectivity index (χ1n) is 5.70. The maximum Gasteiger partial charge on any atom is 0.266 e. The molecule has 100 valence electrons. The van der Waals surface area contributed by atoms with Gasteiger partial charge in [0, 0.05) is 5.38 Å². The van der Waals surface area contributed by atoms with E-state index in [-0.39, 0.29) is 11.7 Å². The molecule has 1 amide bonds. The van der Waals surface area contributed by atoms with E-state index in [1.807, 2.05) is 12.3 Å². The summed E-state index contributed by atoms with van der Waals surface area (Å²) in [7, 11) is 0. The van der Waals surface area contributed by atoms with Crippen molar-refractivity contribution in [3.05, 3.63) is 41.2 Å². The van der Waals surface area contributed by atoms with E-state index in [2.05, 4.69) is 10.3 Å². The molecule has 0 fully saturated rings. The van der Waals surface area contributed by atoms with Gasteiger partial charge < -0.3 is 4.74 Å². The van der Waals surface area contributed by atoms with Crippen LogP contribution in [0.2, 0.25) is 0 Å². The summed E-state index contributed by atoms with van der Waals surface area (Å²) in [4.78, 5) is 16.0. The first-order chi connectivity index (χ1) is 9.06. The Balaban J connectivity index is 1.98. The first kappa shape index (κ1) is 13.5. The van der Waals surface area contributed by atoms with E-state index in [4.69, 9.17) is 4.74 Å². The number of amides is 1. The number of nitrogens with one attached hydrogen (secondary N) is 1. The molecular weight excluding hydrogens is 267 g/mol. The molecule has 2 aromatic rings. The van der Waals surface area contributed by atoms with Gasteiger partial charge in [0.1, 0.15) is 0 Å². The standard InChI is InChI=1S/C13H13FN2O2S/c1-8-7-19-13(15-8)16-12(17)9(2)18-11-6-4-3-5-10(11)14/h3-7,9H,1-2H3,(H,15,16,17). The zero-order valence-electron chi connectivity index (χ0n) is 10.5. The quantitative estimate of drug-likeness (QED) is 0.936. The van der Waals surface area contributed by atoms with Crippen molar-refractivity contribution in [2.45, 2.75) is 20.0 Å². The number of halogens is 1. The Morgan fingerprint density at radius 2 is 2.21 bits per heavy atom. The van der Waals surface area contributed by atoms with Crippen molar-refractivity contribution in [3.8, 4) is 5.75 Å². The maximum atomic E-state index is 13.4. The monoisotopic (exact) mass is 280 g/mol. The lowest BCUT2D eigenvalue weighted by Gasteiger charge is -2.13. The summed E-state index contributed by atoms with van der Waals surface area (Å²) < 4.78 is 18.7. The molecule has 0 radical (unpaired) electrons. The smallest absolute Gasteiger partial charge is 0.266 e. The molecule has 19 heavy (non-hydrogen) atoms. The number of anilines is 1. The highest BCUT2D eigenvalue weighted by molar-refractivity contribution is 7.13. The number of carbonyl (C=O) groups excluding carboxylic acids is 1. The minimum absolute atomic E-state index is 0.0560. The van der Waals surface area contributed by atoms with Crippen LogP contribution in [0.1, 0.15) is 12.6 Å². The second-order valence-corrected chi connectivity index (χ2v) is 4.83. The van der Waals surface area contributed by atoms with Crippen LogP contribution >= 0.6 is 11.3 Å². The summed E-state index contributed by atoms with van der Waals surface area (Å²) in [6.07, 6.45) is -0.805. The number of hydrogen-bond acceptors (Lipinski definition) is 4. The fraction of sp³-hybridized carbons (Fsp3) is 0.231. The lowest BCUT2D eigenvalue weighted by molar-refractivity contribution is -0.122. The highest BCUT2D eigenvalue weighted by Gasteiger charge is 2.17. The molecule has 1 aromatic carbocycles. The fourth-order valence-corrected chi connectivity index (χ4v) is 2.09. The second kappa shape index (κ2) is 5.79. The van der Waals surface area contributed by atoms with Crippen molar-refractivity contribution >= 4 is 22.4 Å². The summed E-state index contributed by atoms with van der Waals surface area (Å²) in [5.74, 6) is -0.801. The molecule has 1 N–H and O–H groups in total. The minimum atomic E-state index is -0.805. The van der Waals surface area contributed by atoms with E-state index < -0.39 is 11.9 Å². The van der Waals surface area contributed by atoms with Crippen molar-refractivity contribution in [2.75, 3.05) is 5.32 Å². The average molecular weight is 280 g/mol. The maximum absolute atomic E-state index is 13.4. The molecule has 1 aromatic heterocycles. The van der Waals surface area contributed by atoms with Gasteiger partial charge in [0.2, 0.25) is 0 Å². The highest BCUT2D eigenvalue weighted by Crippen LogP contribution is 2.18. The van der Waals surface area contributed by atoms with Crippen LogP contribution in [0, 0.1) is 12.7 Å². The molecule has 1 unspecified atom stereocenters. The number of thiazole rings is 1. The molecule has 6 heteroatoms. The van der Waals surface area contributed by atoms with Gasteiger partial charge in [-0.2, -0.15) is 0 Å². The van der Waals surface area contributed by atoms with Crippen LogP contribution in [0.25, 0.3) is 0 Å². The molecule has 0 saturated heterocycles. The number of benzene rings is 1. The van der Waals surface area contributed by atoms with Gasteiger partial charge in [-0.1, -0.05) is 12.1 Å². The molecule has 0 aliphatic heterocycles. The Morgan fingerprint density at radius 1 is 1.47 bits per heavy atom. The third-order valence-corrected chi connectivity index (χ3v) is 3.23. The Morgan fingerprint density at radius 3 is 2.84 bits per heavy atom. The van der Waals surface area contributed by atoms with Gasteiger partial charge in [-0.3, -0.25) is 10.1 Å². The van der Waals surface area contributed by atoms with Gasteiger partial charge in [-0.15, -0.1) is 11.3 Å². The SMILES string of the molecule is Cc1csc(NC(=O)C(C)Oc2ccccc2F)n1. The normalized spacial score (nSPS) is 11.9. The minimum Gasteiger partial charge on any atom is -0.478 e.